The molecule has 0 saturated heterocycles. The lowest BCUT2D eigenvalue weighted by atomic mass is 9.81. The molecule has 1 aromatic carbocycles. The zero-order chi connectivity index (χ0) is 21.5. The van der Waals surface area contributed by atoms with Crippen LogP contribution < -0.4 is 0 Å². The molecule has 0 amide bonds. The highest BCUT2D eigenvalue weighted by Gasteiger charge is 2.42. The van der Waals surface area contributed by atoms with E-state index in [1.807, 2.05) is 24.3 Å². The number of unbranched alkanes of at least 4 members (excludes halogenated alkanes) is 1. The number of halogens is 1. The number of hydrogen-bond donors (Lipinski definition) is 3. The summed E-state index contributed by atoms with van der Waals surface area (Å²) < 4.78 is 5.10. The van der Waals surface area contributed by atoms with Crippen LogP contribution in [-0.2, 0) is 9.53 Å². The molecule has 0 aromatic heterocycles. The fourth-order valence-corrected chi connectivity index (χ4v) is 5.74. The molecule has 168 valence electrons. The third kappa shape index (κ3) is 6.19. The number of benzene rings is 1. The Bertz CT molecular complexity index is 658. The van der Waals surface area contributed by atoms with Crippen molar-refractivity contribution < 1.29 is 24.9 Å². The minimum Gasteiger partial charge on any atom is -0.480 e. The van der Waals surface area contributed by atoms with Crippen LogP contribution in [0.2, 0.25) is 0 Å². The monoisotopic (exact) mass is 438 g/mol. The van der Waals surface area contributed by atoms with Crippen molar-refractivity contribution >= 4 is 17.6 Å². The Morgan fingerprint density at radius 1 is 1.13 bits per heavy atom. The van der Waals surface area contributed by atoms with Crippen molar-refractivity contribution in [3.05, 3.63) is 35.4 Å². The number of aliphatic hydroxyl groups is 2. The van der Waals surface area contributed by atoms with Gasteiger partial charge in [-0.2, -0.15) is 0 Å². The molecule has 2 saturated carbocycles. The van der Waals surface area contributed by atoms with Crippen LogP contribution in [0.4, 0.5) is 0 Å². The standard InChI is InChI=1S/C24H35ClO5/c25-20-14-21(26)23(19(20)8-4-5-13-30-15-22(27)28)16-9-11-18(12-10-16)24(29)17-6-2-1-3-7-17/h9-12,17,19-21,23-24,26,29H,1-8,13-15H2,(H,27,28)/t19-,20-,21+,23+,24?/m0/s1. The number of rotatable bonds is 10. The first-order valence-electron chi connectivity index (χ1n) is 11.4. The van der Waals surface area contributed by atoms with Gasteiger partial charge in [-0.1, -0.05) is 49.9 Å². The molecule has 0 spiro atoms. The predicted octanol–water partition coefficient (Wildman–Crippen LogP) is 4.64. The third-order valence-electron chi connectivity index (χ3n) is 6.87. The Morgan fingerprint density at radius 2 is 1.83 bits per heavy atom. The van der Waals surface area contributed by atoms with Gasteiger partial charge in [0.2, 0.25) is 0 Å². The number of carboxylic acid groups (broad SMARTS) is 1. The largest absolute Gasteiger partial charge is 0.480 e. The SMILES string of the molecule is O=C(O)COCCCC[C@@H]1[C@@H](c2ccc(C(O)C3CCCCC3)cc2)[C@H](O)C[C@@H]1Cl. The lowest BCUT2D eigenvalue weighted by molar-refractivity contribution is -0.142. The Morgan fingerprint density at radius 3 is 2.50 bits per heavy atom. The number of ether oxygens (including phenoxy) is 1. The van der Waals surface area contributed by atoms with E-state index in [-0.39, 0.29) is 23.8 Å². The Hall–Kier alpha value is -1.14. The van der Waals surface area contributed by atoms with Gasteiger partial charge in [-0.15, -0.1) is 11.6 Å². The van der Waals surface area contributed by atoms with E-state index < -0.39 is 18.2 Å². The zero-order valence-corrected chi connectivity index (χ0v) is 18.3. The van der Waals surface area contributed by atoms with Gasteiger partial charge in [0, 0.05) is 17.9 Å². The van der Waals surface area contributed by atoms with Crippen molar-refractivity contribution in [3.63, 3.8) is 0 Å². The van der Waals surface area contributed by atoms with Crippen molar-refractivity contribution in [2.24, 2.45) is 11.8 Å². The summed E-state index contributed by atoms with van der Waals surface area (Å²) in [5.74, 6) is -0.430. The molecule has 3 rings (SSSR count). The summed E-state index contributed by atoms with van der Waals surface area (Å²) >= 11 is 6.57. The first-order chi connectivity index (χ1) is 14.5. The van der Waals surface area contributed by atoms with Crippen molar-refractivity contribution in [2.75, 3.05) is 13.2 Å². The third-order valence-corrected chi connectivity index (χ3v) is 7.37. The molecule has 0 heterocycles. The lowest BCUT2D eigenvalue weighted by Crippen LogP contribution is -2.19. The van der Waals surface area contributed by atoms with Crippen LogP contribution in [0.25, 0.3) is 0 Å². The van der Waals surface area contributed by atoms with Gasteiger partial charge in [0.05, 0.1) is 12.2 Å². The first-order valence-corrected chi connectivity index (χ1v) is 11.8. The van der Waals surface area contributed by atoms with Crippen LogP contribution in [0, 0.1) is 11.8 Å². The van der Waals surface area contributed by atoms with Gasteiger partial charge in [0.25, 0.3) is 0 Å². The molecular weight excluding hydrogens is 404 g/mol. The molecule has 2 aliphatic rings. The number of aliphatic carboxylic acids is 1. The molecule has 1 aromatic rings. The molecule has 6 heteroatoms. The number of alkyl halides is 1. The molecule has 3 N–H and O–H groups in total. The van der Waals surface area contributed by atoms with E-state index in [9.17, 15) is 15.0 Å². The summed E-state index contributed by atoms with van der Waals surface area (Å²) in [6, 6.07) is 8.12. The molecule has 1 unspecified atom stereocenters. The second-order valence-electron chi connectivity index (χ2n) is 8.96. The predicted molar refractivity (Wildman–Crippen MR) is 117 cm³/mol. The number of aliphatic hydroxyl groups excluding tert-OH is 2. The average molecular weight is 439 g/mol. The second kappa shape index (κ2) is 11.5. The van der Waals surface area contributed by atoms with E-state index in [1.165, 1.54) is 19.3 Å². The number of carboxylic acids is 1. The quantitative estimate of drug-likeness (QED) is 0.366. The van der Waals surface area contributed by atoms with Crippen LogP contribution >= 0.6 is 11.6 Å². The van der Waals surface area contributed by atoms with Gasteiger partial charge < -0.3 is 20.1 Å². The van der Waals surface area contributed by atoms with E-state index in [4.69, 9.17) is 21.4 Å². The topological polar surface area (TPSA) is 87.0 Å². The average Bonchev–Trinajstić information content (AvgIpc) is 3.03. The summed E-state index contributed by atoms with van der Waals surface area (Å²) in [5.41, 5.74) is 2.05. The second-order valence-corrected chi connectivity index (χ2v) is 9.52. The van der Waals surface area contributed by atoms with Crippen LogP contribution in [-0.4, -0.2) is 46.0 Å². The highest BCUT2D eigenvalue weighted by Crippen LogP contribution is 2.45. The molecule has 2 fully saturated rings. The van der Waals surface area contributed by atoms with E-state index >= 15 is 0 Å². The summed E-state index contributed by atoms with van der Waals surface area (Å²) in [6.45, 7) is 0.162. The van der Waals surface area contributed by atoms with Crippen molar-refractivity contribution in [2.45, 2.75) is 81.3 Å². The number of carbonyl (C=O) groups is 1. The van der Waals surface area contributed by atoms with Gasteiger partial charge in [0.15, 0.2) is 0 Å². The van der Waals surface area contributed by atoms with E-state index in [1.54, 1.807) is 0 Å². The Balaban J connectivity index is 1.57. The first kappa shape index (κ1) is 23.5. The molecule has 2 aliphatic carbocycles. The molecule has 5 atom stereocenters. The van der Waals surface area contributed by atoms with Crippen LogP contribution in [0.1, 0.15) is 80.9 Å². The zero-order valence-electron chi connectivity index (χ0n) is 17.6. The molecule has 0 radical (unpaired) electrons. The maximum absolute atomic E-state index is 10.7. The molecular formula is C24H35ClO5. The van der Waals surface area contributed by atoms with Crippen LogP contribution in [0.15, 0.2) is 24.3 Å². The number of hydrogen-bond acceptors (Lipinski definition) is 4. The van der Waals surface area contributed by atoms with Crippen LogP contribution in [0.3, 0.4) is 0 Å². The molecule has 5 nitrogen and oxygen atoms in total. The lowest BCUT2D eigenvalue weighted by Gasteiger charge is -2.28. The van der Waals surface area contributed by atoms with E-state index in [0.29, 0.717) is 18.9 Å². The summed E-state index contributed by atoms with van der Waals surface area (Å²) in [4.78, 5) is 10.5. The maximum atomic E-state index is 10.7. The minimum absolute atomic E-state index is 0.00619. The van der Waals surface area contributed by atoms with Gasteiger partial charge in [-0.3, -0.25) is 0 Å². The van der Waals surface area contributed by atoms with Crippen molar-refractivity contribution in [1.82, 2.24) is 0 Å². The fraction of sp³-hybridized carbons (Fsp3) is 0.708. The Labute approximate surface area is 184 Å². The summed E-state index contributed by atoms with van der Waals surface area (Å²) in [5, 5.41) is 29.9. The van der Waals surface area contributed by atoms with Gasteiger partial charge >= 0.3 is 5.97 Å². The summed E-state index contributed by atoms with van der Waals surface area (Å²) in [7, 11) is 0. The molecule has 30 heavy (non-hydrogen) atoms. The van der Waals surface area contributed by atoms with Crippen molar-refractivity contribution in [3.8, 4) is 0 Å². The highest BCUT2D eigenvalue weighted by molar-refractivity contribution is 6.21. The van der Waals surface area contributed by atoms with Gasteiger partial charge in [-0.25, -0.2) is 4.79 Å². The maximum Gasteiger partial charge on any atom is 0.329 e. The van der Waals surface area contributed by atoms with Gasteiger partial charge in [0.1, 0.15) is 6.61 Å². The normalized spacial score (nSPS) is 28.5. The van der Waals surface area contributed by atoms with E-state index in [2.05, 4.69) is 0 Å². The van der Waals surface area contributed by atoms with Gasteiger partial charge in [-0.05, 0) is 55.1 Å². The fourth-order valence-electron chi connectivity index (χ4n) is 5.27. The van der Waals surface area contributed by atoms with E-state index in [0.717, 1.165) is 43.2 Å². The summed E-state index contributed by atoms with van der Waals surface area (Å²) in [6.07, 6.45) is 8.12. The Kier molecular flexibility index (Phi) is 8.99. The molecule has 0 aliphatic heterocycles. The van der Waals surface area contributed by atoms with Crippen LogP contribution in [0.5, 0.6) is 0 Å². The smallest absolute Gasteiger partial charge is 0.329 e. The molecule has 0 bridgehead atoms. The van der Waals surface area contributed by atoms with Crippen molar-refractivity contribution in [1.29, 1.82) is 0 Å². The minimum atomic E-state index is -0.952. The highest BCUT2D eigenvalue weighted by atomic mass is 35.5.